The van der Waals surface area contributed by atoms with Crippen molar-refractivity contribution in [2.24, 2.45) is 0 Å². The fourth-order valence-corrected chi connectivity index (χ4v) is 1.44. The second kappa shape index (κ2) is 8.21. The highest BCUT2D eigenvalue weighted by atomic mass is 19.2. The van der Waals surface area contributed by atoms with E-state index < -0.39 is 17.5 Å². The average molecular weight is 286 g/mol. The largest absolute Gasteiger partial charge is 0.383 e. The van der Waals surface area contributed by atoms with Crippen LogP contribution >= 0.6 is 0 Å². The Morgan fingerprint density at radius 1 is 1.20 bits per heavy atom. The van der Waals surface area contributed by atoms with E-state index >= 15 is 0 Å². The zero-order valence-electron chi connectivity index (χ0n) is 11.0. The average Bonchev–Trinajstić information content (AvgIpc) is 2.42. The van der Waals surface area contributed by atoms with Gasteiger partial charge in [-0.3, -0.25) is 9.59 Å². The van der Waals surface area contributed by atoms with Crippen molar-refractivity contribution < 1.29 is 23.1 Å². The predicted molar refractivity (Wildman–Crippen MR) is 68.2 cm³/mol. The molecule has 0 bridgehead atoms. The van der Waals surface area contributed by atoms with Gasteiger partial charge in [-0.15, -0.1) is 0 Å². The molecule has 0 aliphatic rings. The van der Waals surface area contributed by atoms with E-state index in [2.05, 4.69) is 10.6 Å². The van der Waals surface area contributed by atoms with Gasteiger partial charge in [0.1, 0.15) is 0 Å². The standard InChI is InChI=1S/C13H16F2N2O3/c1-20-8-7-16-11(18)5-6-17-13(19)9-3-2-4-10(14)12(9)15/h2-4H,5-8H2,1H3,(H,16,18)(H,17,19). The lowest BCUT2D eigenvalue weighted by Crippen LogP contribution is -2.32. The molecule has 0 aliphatic carbocycles. The molecule has 2 amide bonds. The molecule has 20 heavy (non-hydrogen) atoms. The Morgan fingerprint density at radius 3 is 2.65 bits per heavy atom. The molecule has 1 aromatic rings. The number of nitrogens with one attached hydrogen (secondary N) is 2. The van der Waals surface area contributed by atoms with Crippen LogP contribution in [0.3, 0.4) is 0 Å². The van der Waals surface area contributed by atoms with Crippen molar-refractivity contribution in [2.45, 2.75) is 6.42 Å². The first-order valence-electron chi connectivity index (χ1n) is 6.04. The molecule has 2 N–H and O–H groups in total. The Balaban J connectivity index is 2.37. The van der Waals surface area contributed by atoms with Gasteiger partial charge in [0.25, 0.3) is 5.91 Å². The molecule has 0 saturated carbocycles. The Hall–Kier alpha value is -2.02. The summed E-state index contributed by atoms with van der Waals surface area (Å²) in [7, 11) is 1.51. The van der Waals surface area contributed by atoms with Gasteiger partial charge in [0.2, 0.25) is 5.91 Å². The number of benzene rings is 1. The Bertz CT molecular complexity index is 481. The summed E-state index contributed by atoms with van der Waals surface area (Å²) >= 11 is 0. The summed E-state index contributed by atoms with van der Waals surface area (Å²) in [5, 5.41) is 4.92. The summed E-state index contributed by atoms with van der Waals surface area (Å²) in [5.74, 6) is -3.31. The first-order chi connectivity index (χ1) is 9.56. The van der Waals surface area contributed by atoms with Crippen LogP contribution in [-0.2, 0) is 9.53 Å². The van der Waals surface area contributed by atoms with Crippen LogP contribution in [0, 0.1) is 11.6 Å². The summed E-state index contributed by atoms with van der Waals surface area (Å²) < 4.78 is 31.0. The van der Waals surface area contributed by atoms with Crippen molar-refractivity contribution in [1.82, 2.24) is 10.6 Å². The lowest BCUT2D eigenvalue weighted by atomic mass is 10.2. The van der Waals surface area contributed by atoms with E-state index in [1.54, 1.807) is 0 Å². The number of carbonyl (C=O) groups excluding carboxylic acids is 2. The fraction of sp³-hybridized carbons (Fsp3) is 0.385. The van der Waals surface area contributed by atoms with Crippen LogP contribution in [0.25, 0.3) is 0 Å². The zero-order chi connectivity index (χ0) is 15.0. The first-order valence-corrected chi connectivity index (χ1v) is 6.04. The number of methoxy groups -OCH3 is 1. The highest BCUT2D eigenvalue weighted by Crippen LogP contribution is 2.10. The minimum atomic E-state index is -1.20. The number of rotatable bonds is 7. The summed E-state index contributed by atoms with van der Waals surface area (Å²) in [4.78, 5) is 22.9. The normalized spacial score (nSPS) is 10.2. The van der Waals surface area contributed by atoms with Crippen molar-refractivity contribution in [3.8, 4) is 0 Å². The first kappa shape index (κ1) is 16.0. The topological polar surface area (TPSA) is 67.4 Å². The third-order valence-corrected chi connectivity index (χ3v) is 2.46. The number of ether oxygens (including phenoxy) is 1. The molecular weight excluding hydrogens is 270 g/mol. The number of carbonyl (C=O) groups is 2. The molecule has 0 unspecified atom stereocenters. The van der Waals surface area contributed by atoms with Crippen LogP contribution in [0.15, 0.2) is 18.2 Å². The maximum atomic E-state index is 13.3. The van der Waals surface area contributed by atoms with Gasteiger partial charge in [0.05, 0.1) is 12.2 Å². The third-order valence-electron chi connectivity index (χ3n) is 2.46. The Morgan fingerprint density at radius 2 is 1.95 bits per heavy atom. The van der Waals surface area contributed by atoms with Crippen LogP contribution in [0.1, 0.15) is 16.8 Å². The Labute approximate surface area is 115 Å². The van der Waals surface area contributed by atoms with Gasteiger partial charge in [-0.25, -0.2) is 8.78 Å². The highest BCUT2D eigenvalue weighted by Gasteiger charge is 2.14. The van der Waals surface area contributed by atoms with Crippen LogP contribution in [0.4, 0.5) is 8.78 Å². The highest BCUT2D eigenvalue weighted by molar-refractivity contribution is 5.94. The third kappa shape index (κ3) is 4.93. The van der Waals surface area contributed by atoms with Crippen LogP contribution in [0.5, 0.6) is 0 Å². The molecule has 0 heterocycles. The van der Waals surface area contributed by atoms with E-state index in [0.717, 1.165) is 6.07 Å². The number of hydrogen-bond acceptors (Lipinski definition) is 3. The quantitative estimate of drug-likeness (QED) is 0.730. The molecule has 0 spiro atoms. The summed E-state index contributed by atoms with van der Waals surface area (Å²) in [5.41, 5.74) is -0.384. The minimum Gasteiger partial charge on any atom is -0.383 e. The maximum Gasteiger partial charge on any atom is 0.254 e. The minimum absolute atomic E-state index is 0.0353. The van der Waals surface area contributed by atoms with Crippen LogP contribution in [-0.4, -0.2) is 38.6 Å². The van der Waals surface area contributed by atoms with E-state index in [4.69, 9.17) is 4.74 Å². The van der Waals surface area contributed by atoms with E-state index in [1.165, 1.54) is 19.2 Å². The number of hydrogen-bond donors (Lipinski definition) is 2. The van der Waals surface area contributed by atoms with Gasteiger partial charge >= 0.3 is 0 Å². The van der Waals surface area contributed by atoms with E-state index in [9.17, 15) is 18.4 Å². The molecule has 5 nitrogen and oxygen atoms in total. The number of amides is 2. The lowest BCUT2D eigenvalue weighted by molar-refractivity contribution is -0.121. The second-order valence-corrected chi connectivity index (χ2v) is 3.95. The van der Waals surface area contributed by atoms with E-state index in [0.29, 0.717) is 13.2 Å². The van der Waals surface area contributed by atoms with Crippen molar-refractivity contribution in [3.63, 3.8) is 0 Å². The van der Waals surface area contributed by atoms with Gasteiger partial charge in [0.15, 0.2) is 11.6 Å². The molecular formula is C13H16F2N2O3. The maximum absolute atomic E-state index is 13.3. The summed E-state index contributed by atoms with van der Waals surface area (Å²) in [6.07, 6.45) is 0.0480. The smallest absolute Gasteiger partial charge is 0.254 e. The predicted octanol–water partition coefficient (Wildman–Crippen LogP) is 0.847. The lowest BCUT2D eigenvalue weighted by Gasteiger charge is -2.07. The Kier molecular flexibility index (Phi) is 6.58. The van der Waals surface area contributed by atoms with E-state index in [-0.39, 0.29) is 24.4 Å². The van der Waals surface area contributed by atoms with Crippen molar-refractivity contribution in [2.75, 3.05) is 26.8 Å². The van der Waals surface area contributed by atoms with E-state index in [1.807, 2.05) is 0 Å². The fourth-order valence-electron chi connectivity index (χ4n) is 1.44. The van der Waals surface area contributed by atoms with Crippen LogP contribution < -0.4 is 10.6 Å². The second-order valence-electron chi connectivity index (χ2n) is 3.95. The molecule has 0 radical (unpaired) electrons. The summed E-state index contributed by atoms with van der Waals surface area (Å²) in [6, 6.07) is 3.34. The number of halogens is 2. The molecule has 1 rings (SSSR count). The molecule has 0 fully saturated rings. The molecule has 110 valence electrons. The molecule has 1 aromatic carbocycles. The zero-order valence-corrected chi connectivity index (χ0v) is 11.0. The molecule has 7 heteroatoms. The van der Waals surface area contributed by atoms with Gasteiger partial charge in [-0.2, -0.15) is 0 Å². The summed E-state index contributed by atoms with van der Waals surface area (Å²) in [6.45, 7) is 0.808. The van der Waals surface area contributed by atoms with Crippen LogP contribution in [0.2, 0.25) is 0 Å². The molecule has 0 aliphatic heterocycles. The van der Waals surface area contributed by atoms with Gasteiger partial charge < -0.3 is 15.4 Å². The van der Waals surface area contributed by atoms with Gasteiger partial charge in [0, 0.05) is 26.6 Å². The van der Waals surface area contributed by atoms with Crippen molar-refractivity contribution in [1.29, 1.82) is 0 Å². The van der Waals surface area contributed by atoms with Gasteiger partial charge in [-0.1, -0.05) is 6.07 Å². The van der Waals surface area contributed by atoms with Gasteiger partial charge in [-0.05, 0) is 12.1 Å². The molecule has 0 saturated heterocycles. The SMILES string of the molecule is COCCNC(=O)CCNC(=O)c1cccc(F)c1F. The molecule has 0 atom stereocenters. The monoisotopic (exact) mass is 286 g/mol. The van der Waals surface area contributed by atoms with Crippen molar-refractivity contribution in [3.05, 3.63) is 35.4 Å². The molecule has 0 aromatic heterocycles. The van der Waals surface area contributed by atoms with Crippen molar-refractivity contribution >= 4 is 11.8 Å².